The van der Waals surface area contributed by atoms with Gasteiger partial charge in [0.15, 0.2) is 0 Å². The number of cyclic esters (lactones) is 1. The van der Waals surface area contributed by atoms with Crippen LogP contribution in [0.3, 0.4) is 0 Å². The summed E-state index contributed by atoms with van der Waals surface area (Å²) in [6.45, 7) is 4.24. The Morgan fingerprint density at radius 1 is 0.365 bits per heavy atom. The maximum Gasteiger partial charge on any atom is 0.321 e. The normalized spacial score (nSPS) is 15.4. The second kappa shape index (κ2) is 40.9. The third-order valence-corrected chi connectivity index (χ3v) is 11.6. The number of unbranched alkanes of at least 4 members (excludes halogenated alkanes) is 37. The van der Waals surface area contributed by atoms with Gasteiger partial charge in [-0.15, -0.1) is 0 Å². The molecule has 0 N–H and O–H groups in total. The van der Waals surface area contributed by atoms with Gasteiger partial charge in [-0.1, -0.05) is 236 Å². The molecule has 0 aromatic heterocycles. The highest BCUT2D eigenvalue weighted by atomic mass is 16.6. The van der Waals surface area contributed by atoms with Crippen LogP contribution >= 0.6 is 0 Å². The third-order valence-electron chi connectivity index (χ3n) is 11.6. The first-order chi connectivity index (χ1) is 25.8. The summed E-state index contributed by atoms with van der Waals surface area (Å²) < 4.78 is 5.41. The van der Waals surface area contributed by atoms with Crippen molar-refractivity contribution in [2.24, 2.45) is 5.92 Å². The number of hydrogen-bond acceptors (Lipinski definition) is 2. The zero-order chi connectivity index (χ0) is 37.3. The van der Waals surface area contributed by atoms with Crippen molar-refractivity contribution in [2.45, 2.75) is 271 Å². The zero-order valence-electron chi connectivity index (χ0n) is 35.6. The van der Waals surface area contributed by atoms with E-state index in [0.717, 1.165) is 18.6 Å². The average Bonchev–Trinajstić information content (AvgIpc) is 3.15. The Kier molecular flexibility index (Phi) is 38.3. The van der Waals surface area contributed by atoms with Crippen LogP contribution in [0.2, 0.25) is 0 Å². The fourth-order valence-electron chi connectivity index (χ4n) is 8.01. The van der Waals surface area contributed by atoms with Gasteiger partial charge in [0.05, 0.1) is 0 Å². The highest BCUT2D eigenvalue weighted by Crippen LogP contribution is 2.32. The number of esters is 1. The Morgan fingerprint density at radius 2 is 0.615 bits per heavy atom. The van der Waals surface area contributed by atoms with Gasteiger partial charge >= 0.3 is 5.97 Å². The summed E-state index contributed by atoms with van der Waals surface area (Å²) in [6, 6.07) is 0. The fourth-order valence-corrected chi connectivity index (χ4v) is 8.01. The minimum absolute atomic E-state index is 0.0228. The summed E-state index contributed by atoms with van der Waals surface area (Å²) in [6.07, 6.45) is 66.4. The molecule has 0 aliphatic carbocycles. The minimum atomic E-state index is 0.0228. The topological polar surface area (TPSA) is 26.3 Å². The van der Waals surface area contributed by atoms with Crippen LogP contribution in [0.1, 0.15) is 271 Å². The van der Waals surface area contributed by atoms with E-state index in [2.05, 4.69) is 44.2 Å². The van der Waals surface area contributed by atoms with Crippen molar-refractivity contribution in [1.29, 1.82) is 0 Å². The molecule has 304 valence electrons. The molecular weight excluding hydrogens is 633 g/mol. The van der Waals surface area contributed by atoms with Gasteiger partial charge < -0.3 is 4.74 Å². The lowest BCUT2D eigenvalue weighted by atomic mass is 9.93. The lowest BCUT2D eigenvalue weighted by Crippen LogP contribution is -2.32. The van der Waals surface area contributed by atoms with Crippen LogP contribution < -0.4 is 0 Å². The summed E-state index contributed by atoms with van der Waals surface area (Å²) in [5, 5.41) is 0. The monoisotopic (exact) mass is 725 g/mol. The highest BCUT2D eigenvalue weighted by molar-refractivity contribution is 5.82. The first-order valence-electron chi connectivity index (χ1n) is 23.9. The van der Waals surface area contributed by atoms with Gasteiger partial charge in [-0.3, -0.25) is 4.79 Å². The van der Waals surface area contributed by atoms with Gasteiger partial charge in [-0.2, -0.15) is 0 Å². The number of ether oxygens (including phenoxy) is 1. The molecule has 2 nitrogen and oxygen atoms in total. The first-order valence-corrected chi connectivity index (χ1v) is 23.9. The van der Waals surface area contributed by atoms with Gasteiger partial charge in [-0.05, 0) is 64.9 Å². The van der Waals surface area contributed by atoms with E-state index in [1.807, 2.05) is 0 Å². The Morgan fingerprint density at radius 3 is 0.885 bits per heavy atom. The molecule has 0 radical (unpaired) electrons. The van der Waals surface area contributed by atoms with Crippen molar-refractivity contribution in [2.75, 3.05) is 0 Å². The van der Waals surface area contributed by atoms with Crippen LogP contribution in [0.15, 0.2) is 36.1 Å². The van der Waals surface area contributed by atoms with Crippen LogP contribution in [0.4, 0.5) is 0 Å². The molecule has 1 atom stereocenters. The SMILES string of the molecule is C/C=C/CCCCCCCCCCCCCCCCCCCC/C=C1\OC(=O)C1CCCCCCCCCCCCCCCCCCCC/C=C/C. The standard InChI is InChI=1S/C50H92O2/c1-3-5-7-9-11-13-15-17-19-21-23-25-27-29-31-33-35-37-39-41-43-45-47-49-48(50(51)52-49)46-44-42-40-38-36-34-32-30-28-26-24-22-20-18-16-14-12-10-8-6-4-2/h3-6,47-48H,7-46H2,1-2H3/b5-3+,6-4+,49-47-. The lowest BCUT2D eigenvalue weighted by molar-refractivity contribution is -0.157. The van der Waals surface area contributed by atoms with E-state index >= 15 is 0 Å². The Hall–Kier alpha value is -1.31. The molecule has 1 saturated heterocycles. The zero-order valence-corrected chi connectivity index (χ0v) is 35.6. The molecular formula is C50H92O2. The maximum atomic E-state index is 12.0. The molecule has 1 rings (SSSR count). The molecule has 1 unspecified atom stereocenters. The molecule has 1 aliphatic heterocycles. The summed E-state index contributed by atoms with van der Waals surface area (Å²) in [5.74, 6) is 1.09. The third kappa shape index (κ3) is 33.3. The maximum absolute atomic E-state index is 12.0. The molecule has 0 amide bonds. The molecule has 0 saturated carbocycles. The predicted molar refractivity (Wildman–Crippen MR) is 232 cm³/mol. The lowest BCUT2D eigenvalue weighted by Gasteiger charge is -2.28. The van der Waals surface area contributed by atoms with E-state index in [1.54, 1.807) is 0 Å². The van der Waals surface area contributed by atoms with E-state index in [-0.39, 0.29) is 11.9 Å². The van der Waals surface area contributed by atoms with Crippen molar-refractivity contribution in [3.8, 4) is 0 Å². The van der Waals surface area contributed by atoms with Gasteiger partial charge in [0.25, 0.3) is 0 Å². The second-order valence-electron chi connectivity index (χ2n) is 16.6. The minimum Gasteiger partial charge on any atom is -0.430 e. The number of allylic oxidation sites excluding steroid dienone is 5. The molecule has 52 heavy (non-hydrogen) atoms. The summed E-state index contributed by atoms with van der Waals surface area (Å²) in [7, 11) is 0. The molecule has 0 aromatic carbocycles. The Bertz CT molecular complexity index is 822. The summed E-state index contributed by atoms with van der Waals surface area (Å²) >= 11 is 0. The van der Waals surface area contributed by atoms with E-state index in [4.69, 9.17) is 4.74 Å². The highest BCUT2D eigenvalue weighted by Gasteiger charge is 2.36. The van der Waals surface area contributed by atoms with Gasteiger partial charge in [0.1, 0.15) is 11.7 Å². The Balaban J connectivity index is 1.78. The second-order valence-corrected chi connectivity index (χ2v) is 16.6. The molecule has 1 aliphatic rings. The van der Waals surface area contributed by atoms with Crippen LogP contribution in [0.5, 0.6) is 0 Å². The number of carbonyl (C=O) groups is 1. The molecule has 1 fully saturated rings. The van der Waals surface area contributed by atoms with Crippen LogP contribution in [0.25, 0.3) is 0 Å². The van der Waals surface area contributed by atoms with E-state index in [9.17, 15) is 4.79 Å². The van der Waals surface area contributed by atoms with Crippen molar-refractivity contribution in [1.82, 2.24) is 0 Å². The fraction of sp³-hybridized carbons (Fsp3) is 0.860. The summed E-state index contributed by atoms with van der Waals surface area (Å²) in [4.78, 5) is 12.0. The van der Waals surface area contributed by atoms with Crippen LogP contribution in [-0.2, 0) is 9.53 Å². The predicted octanol–water partition coefficient (Wildman–Crippen LogP) is 17.8. The van der Waals surface area contributed by atoms with Crippen LogP contribution in [0, 0.1) is 5.92 Å². The average molecular weight is 725 g/mol. The number of carbonyl (C=O) groups excluding carboxylic acids is 1. The van der Waals surface area contributed by atoms with E-state index in [1.165, 1.54) is 244 Å². The molecule has 0 spiro atoms. The van der Waals surface area contributed by atoms with Crippen molar-refractivity contribution < 1.29 is 9.53 Å². The Labute approximate surface area is 327 Å². The molecule has 2 heteroatoms. The number of hydrogen-bond donors (Lipinski definition) is 0. The van der Waals surface area contributed by atoms with Gasteiger partial charge in [-0.25, -0.2) is 0 Å². The smallest absolute Gasteiger partial charge is 0.321 e. The molecule has 1 heterocycles. The number of rotatable bonds is 42. The van der Waals surface area contributed by atoms with E-state index < -0.39 is 0 Å². The van der Waals surface area contributed by atoms with Crippen LogP contribution in [-0.4, -0.2) is 5.97 Å². The van der Waals surface area contributed by atoms with Gasteiger partial charge in [0.2, 0.25) is 0 Å². The summed E-state index contributed by atoms with van der Waals surface area (Å²) in [5.41, 5.74) is 0. The first kappa shape index (κ1) is 48.7. The van der Waals surface area contributed by atoms with E-state index in [0.29, 0.717) is 0 Å². The largest absolute Gasteiger partial charge is 0.430 e. The molecule has 0 aromatic rings. The van der Waals surface area contributed by atoms with Gasteiger partial charge in [0, 0.05) is 0 Å². The van der Waals surface area contributed by atoms with Crippen molar-refractivity contribution in [3.05, 3.63) is 36.1 Å². The van der Waals surface area contributed by atoms with Crippen molar-refractivity contribution in [3.63, 3.8) is 0 Å². The quantitative estimate of drug-likeness (QED) is 0.0356. The van der Waals surface area contributed by atoms with Crippen molar-refractivity contribution >= 4 is 5.97 Å². The molecule has 0 bridgehead atoms.